The maximum absolute atomic E-state index is 13.1. The van der Waals surface area contributed by atoms with Crippen molar-refractivity contribution < 1.29 is 4.79 Å². The second-order valence-electron chi connectivity index (χ2n) is 6.89. The molecule has 0 aliphatic heterocycles. The van der Waals surface area contributed by atoms with Crippen LogP contribution in [0.15, 0.2) is 83.7 Å². The standard InChI is InChI=1S/C24H22N4O2/c1-2-17-12-14-19(15-13-17)26-22(29)16-25-28-23(18-8-4-3-5-9-18)27-21-11-7-6-10-20(21)24(28)30/h3-15,25H,2,16H2,1H3,(H,26,29). The Morgan fingerprint density at radius 3 is 2.37 bits per heavy atom. The van der Waals surface area contributed by atoms with Crippen LogP contribution in [0.4, 0.5) is 5.69 Å². The highest BCUT2D eigenvalue weighted by atomic mass is 16.2. The highest BCUT2D eigenvalue weighted by Crippen LogP contribution is 2.17. The predicted octanol–water partition coefficient (Wildman–Crippen LogP) is 3.81. The summed E-state index contributed by atoms with van der Waals surface area (Å²) in [7, 11) is 0. The van der Waals surface area contributed by atoms with Crippen molar-refractivity contribution in [3.63, 3.8) is 0 Å². The van der Waals surface area contributed by atoms with Crippen LogP contribution in [-0.4, -0.2) is 22.1 Å². The fourth-order valence-electron chi connectivity index (χ4n) is 3.24. The number of rotatable bonds is 6. The number of amides is 1. The Bertz CT molecular complexity index is 1230. The fourth-order valence-corrected chi connectivity index (χ4v) is 3.24. The van der Waals surface area contributed by atoms with Gasteiger partial charge in [0.15, 0.2) is 5.82 Å². The van der Waals surface area contributed by atoms with E-state index in [0.717, 1.165) is 12.0 Å². The van der Waals surface area contributed by atoms with Crippen molar-refractivity contribution in [2.24, 2.45) is 0 Å². The van der Waals surface area contributed by atoms with Gasteiger partial charge in [0.25, 0.3) is 5.56 Å². The van der Waals surface area contributed by atoms with Gasteiger partial charge in [-0.1, -0.05) is 61.5 Å². The van der Waals surface area contributed by atoms with Crippen LogP contribution in [0.1, 0.15) is 12.5 Å². The Hall–Kier alpha value is -3.93. The number of aryl methyl sites for hydroxylation is 1. The number of hydrogen-bond acceptors (Lipinski definition) is 4. The Morgan fingerprint density at radius 2 is 1.63 bits per heavy atom. The van der Waals surface area contributed by atoms with Gasteiger partial charge in [0.1, 0.15) is 6.54 Å². The Labute approximate surface area is 174 Å². The van der Waals surface area contributed by atoms with Gasteiger partial charge in [-0.25, -0.2) is 9.66 Å². The molecule has 0 bridgehead atoms. The van der Waals surface area contributed by atoms with Crippen LogP contribution in [0.25, 0.3) is 22.3 Å². The van der Waals surface area contributed by atoms with E-state index in [4.69, 9.17) is 0 Å². The van der Waals surface area contributed by atoms with Crippen molar-refractivity contribution in [2.75, 3.05) is 17.3 Å². The summed E-state index contributed by atoms with van der Waals surface area (Å²) < 4.78 is 1.34. The van der Waals surface area contributed by atoms with Crippen LogP contribution < -0.4 is 16.3 Å². The number of anilines is 1. The zero-order valence-electron chi connectivity index (χ0n) is 16.6. The van der Waals surface area contributed by atoms with E-state index in [2.05, 4.69) is 22.7 Å². The number of nitrogens with zero attached hydrogens (tertiary/aromatic N) is 2. The van der Waals surface area contributed by atoms with Gasteiger partial charge in [-0.05, 0) is 36.2 Å². The number of aromatic nitrogens is 2. The summed E-state index contributed by atoms with van der Waals surface area (Å²) in [5, 5.41) is 3.33. The monoisotopic (exact) mass is 398 g/mol. The van der Waals surface area contributed by atoms with Gasteiger partial charge in [-0.15, -0.1) is 0 Å². The number of nitrogens with one attached hydrogen (secondary N) is 2. The molecule has 0 aliphatic carbocycles. The lowest BCUT2D eigenvalue weighted by atomic mass is 10.1. The summed E-state index contributed by atoms with van der Waals surface area (Å²) in [6.45, 7) is 2.01. The fraction of sp³-hybridized carbons (Fsp3) is 0.125. The molecule has 0 atom stereocenters. The molecule has 0 saturated heterocycles. The maximum Gasteiger partial charge on any atom is 0.280 e. The largest absolute Gasteiger partial charge is 0.325 e. The first-order valence-corrected chi connectivity index (χ1v) is 9.85. The summed E-state index contributed by atoms with van der Waals surface area (Å²) in [5.74, 6) is 0.206. The lowest BCUT2D eigenvalue weighted by molar-refractivity contribution is -0.114. The van der Waals surface area contributed by atoms with Gasteiger partial charge in [-0.3, -0.25) is 9.59 Å². The Morgan fingerprint density at radius 1 is 0.933 bits per heavy atom. The van der Waals surface area contributed by atoms with Crippen LogP contribution in [0.3, 0.4) is 0 Å². The second-order valence-corrected chi connectivity index (χ2v) is 6.89. The molecule has 150 valence electrons. The average molecular weight is 398 g/mol. The molecule has 1 heterocycles. The molecule has 6 nitrogen and oxygen atoms in total. The van der Waals surface area contributed by atoms with E-state index in [1.54, 1.807) is 18.2 Å². The molecule has 1 amide bonds. The molecule has 1 aromatic heterocycles. The third-order valence-electron chi connectivity index (χ3n) is 4.85. The molecule has 0 fully saturated rings. The maximum atomic E-state index is 13.1. The highest BCUT2D eigenvalue weighted by molar-refractivity contribution is 5.93. The minimum atomic E-state index is -0.252. The molecule has 6 heteroatoms. The molecule has 2 N–H and O–H groups in total. The minimum Gasteiger partial charge on any atom is -0.325 e. The lowest BCUT2D eigenvalue weighted by Gasteiger charge is -2.15. The minimum absolute atomic E-state index is 0.0741. The van der Waals surface area contributed by atoms with Crippen molar-refractivity contribution in [3.05, 3.63) is 94.8 Å². The summed E-state index contributed by atoms with van der Waals surface area (Å²) in [4.78, 5) is 30.2. The smallest absolute Gasteiger partial charge is 0.280 e. The summed E-state index contributed by atoms with van der Waals surface area (Å²) in [5.41, 5.74) is 6.00. The Kier molecular flexibility index (Phi) is 5.57. The molecule has 3 aromatic carbocycles. The number of para-hydroxylation sites is 1. The molecule has 0 radical (unpaired) electrons. The molecule has 4 rings (SSSR count). The molecule has 0 spiro atoms. The van der Waals surface area contributed by atoms with E-state index in [0.29, 0.717) is 22.4 Å². The average Bonchev–Trinajstić information content (AvgIpc) is 2.79. The van der Waals surface area contributed by atoms with Gasteiger partial charge in [0, 0.05) is 11.3 Å². The molecule has 0 saturated carbocycles. The summed E-state index contributed by atoms with van der Waals surface area (Å²) in [6.07, 6.45) is 0.940. The molecular weight excluding hydrogens is 376 g/mol. The summed E-state index contributed by atoms with van der Waals surface area (Å²) in [6, 6.07) is 24.3. The highest BCUT2D eigenvalue weighted by Gasteiger charge is 2.13. The Balaban J connectivity index is 1.61. The molecule has 0 aliphatic rings. The van der Waals surface area contributed by atoms with Crippen molar-refractivity contribution in [2.45, 2.75) is 13.3 Å². The van der Waals surface area contributed by atoms with Gasteiger partial charge >= 0.3 is 0 Å². The van der Waals surface area contributed by atoms with E-state index in [1.165, 1.54) is 10.2 Å². The van der Waals surface area contributed by atoms with Crippen molar-refractivity contribution in [1.29, 1.82) is 0 Å². The predicted molar refractivity (Wildman–Crippen MR) is 120 cm³/mol. The molecule has 0 unspecified atom stereocenters. The lowest BCUT2D eigenvalue weighted by Crippen LogP contribution is -2.36. The number of hydrogen-bond donors (Lipinski definition) is 2. The quantitative estimate of drug-likeness (QED) is 0.518. The number of benzene rings is 3. The normalized spacial score (nSPS) is 10.7. The third kappa shape index (κ3) is 4.07. The molecule has 30 heavy (non-hydrogen) atoms. The van der Waals surface area contributed by atoms with Crippen LogP contribution in [-0.2, 0) is 11.2 Å². The van der Waals surface area contributed by atoms with Crippen LogP contribution in [0.5, 0.6) is 0 Å². The van der Waals surface area contributed by atoms with E-state index >= 15 is 0 Å². The first-order valence-electron chi connectivity index (χ1n) is 9.85. The van der Waals surface area contributed by atoms with Gasteiger partial charge in [0.05, 0.1) is 10.9 Å². The number of carbonyl (C=O) groups is 1. The number of carbonyl (C=O) groups excluding carboxylic acids is 1. The van der Waals surface area contributed by atoms with Crippen molar-refractivity contribution in [1.82, 2.24) is 9.66 Å². The first kappa shape index (κ1) is 19.4. The van der Waals surface area contributed by atoms with Crippen LogP contribution in [0.2, 0.25) is 0 Å². The van der Waals surface area contributed by atoms with Crippen LogP contribution in [0, 0.1) is 0 Å². The zero-order valence-corrected chi connectivity index (χ0v) is 16.6. The molecular formula is C24H22N4O2. The van der Waals surface area contributed by atoms with E-state index in [-0.39, 0.29) is 18.0 Å². The van der Waals surface area contributed by atoms with Gasteiger partial charge < -0.3 is 10.7 Å². The molecule has 4 aromatic rings. The van der Waals surface area contributed by atoms with E-state index in [9.17, 15) is 9.59 Å². The van der Waals surface area contributed by atoms with Gasteiger partial charge in [0.2, 0.25) is 5.91 Å². The third-order valence-corrected chi connectivity index (χ3v) is 4.85. The second kappa shape index (κ2) is 8.61. The van der Waals surface area contributed by atoms with Gasteiger partial charge in [-0.2, -0.15) is 0 Å². The topological polar surface area (TPSA) is 76.0 Å². The summed E-state index contributed by atoms with van der Waals surface area (Å²) >= 11 is 0. The van der Waals surface area contributed by atoms with E-state index in [1.807, 2.05) is 60.7 Å². The first-order chi connectivity index (χ1) is 14.7. The van der Waals surface area contributed by atoms with Crippen molar-refractivity contribution >= 4 is 22.5 Å². The van der Waals surface area contributed by atoms with E-state index < -0.39 is 0 Å². The number of fused-ring (bicyclic) bond motifs is 1. The van der Waals surface area contributed by atoms with Crippen molar-refractivity contribution in [3.8, 4) is 11.4 Å². The SMILES string of the molecule is CCc1ccc(NC(=O)CNn2c(-c3ccccc3)nc3ccccc3c2=O)cc1. The van der Waals surface area contributed by atoms with Crippen LogP contribution >= 0.6 is 0 Å². The zero-order chi connectivity index (χ0) is 20.9.